The van der Waals surface area contributed by atoms with Crippen LogP contribution in [0.3, 0.4) is 0 Å². The minimum Gasteiger partial charge on any atom is -0.398 e. The predicted octanol–water partition coefficient (Wildman–Crippen LogP) is 1.78. The quantitative estimate of drug-likeness (QED) is 0.906. The fraction of sp³-hybridized carbons (Fsp3) is 0.231. The molecule has 0 radical (unpaired) electrons. The highest BCUT2D eigenvalue weighted by Gasteiger charge is 2.26. The van der Waals surface area contributed by atoms with Crippen LogP contribution in [0.15, 0.2) is 39.9 Å². The number of hydrogen-bond donors (Lipinski definition) is 2. The van der Waals surface area contributed by atoms with Crippen molar-refractivity contribution in [3.8, 4) is 0 Å². The number of nitrogens with one attached hydrogen (secondary N) is 1. The van der Waals surface area contributed by atoms with Crippen LogP contribution in [0.4, 0.5) is 5.69 Å². The van der Waals surface area contributed by atoms with E-state index in [-0.39, 0.29) is 10.3 Å². The number of nitrogen functional groups attached to an aromatic ring is 1. The molecule has 0 saturated heterocycles. The predicted molar refractivity (Wildman–Crippen MR) is 76.7 cm³/mol. The molecule has 0 aliphatic heterocycles. The minimum absolute atomic E-state index is 0.0641. The van der Waals surface area contributed by atoms with E-state index in [0.717, 1.165) is 24.2 Å². The molecule has 0 fully saturated rings. The van der Waals surface area contributed by atoms with Gasteiger partial charge in [0.1, 0.15) is 4.21 Å². The van der Waals surface area contributed by atoms with Gasteiger partial charge in [-0.25, -0.2) is 13.1 Å². The van der Waals surface area contributed by atoms with E-state index in [2.05, 4.69) is 4.72 Å². The van der Waals surface area contributed by atoms with Gasteiger partial charge < -0.3 is 5.73 Å². The Morgan fingerprint density at radius 1 is 1.21 bits per heavy atom. The number of anilines is 1. The van der Waals surface area contributed by atoms with Crippen LogP contribution in [0.2, 0.25) is 0 Å². The van der Waals surface area contributed by atoms with Gasteiger partial charge in [-0.1, -0.05) is 24.3 Å². The van der Waals surface area contributed by atoms with E-state index < -0.39 is 10.0 Å². The van der Waals surface area contributed by atoms with Gasteiger partial charge in [-0.3, -0.25) is 0 Å². The molecular weight excluding hydrogens is 280 g/mol. The maximum atomic E-state index is 12.2. The monoisotopic (exact) mass is 294 g/mol. The highest BCUT2D eigenvalue weighted by molar-refractivity contribution is 7.91. The largest absolute Gasteiger partial charge is 0.398 e. The summed E-state index contributed by atoms with van der Waals surface area (Å²) in [6.45, 7) is 0. The number of hydrogen-bond acceptors (Lipinski definition) is 4. The minimum atomic E-state index is -3.45. The summed E-state index contributed by atoms with van der Waals surface area (Å²) in [5.41, 5.74) is 8.50. The maximum Gasteiger partial charge on any atom is 0.250 e. The maximum absolute atomic E-state index is 12.2. The van der Waals surface area contributed by atoms with Crippen molar-refractivity contribution in [2.75, 3.05) is 5.73 Å². The van der Waals surface area contributed by atoms with Crippen LogP contribution in [-0.4, -0.2) is 14.5 Å². The summed E-state index contributed by atoms with van der Waals surface area (Å²) in [5.74, 6) is 0. The SMILES string of the molecule is Nc1csc(S(=O)(=O)NC2Cc3ccccc3C2)c1. The van der Waals surface area contributed by atoms with Gasteiger partial charge in [0, 0.05) is 17.1 Å². The zero-order valence-corrected chi connectivity index (χ0v) is 11.8. The number of sulfonamides is 1. The standard InChI is InChI=1S/C13H14N2O2S2/c14-11-7-13(18-8-11)19(16,17)15-12-5-9-3-1-2-4-10(9)6-12/h1-4,7-8,12,15H,5-6,14H2. The average molecular weight is 294 g/mol. The van der Waals surface area contributed by atoms with Gasteiger partial charge in [0.25, 0.3) is 0 Å². The van der Waals surface area contributed by atoms with Crippen LogP contribution < -0.4 is 10.5 Å². The molecule has 0 saturated carbocycles. The normalized spacial score (nSPS) is 15.6. The molecule has 0 spiro atoms. The fourth-order valence-electron chi connectivity index (χ4n) is 2.39. The molecule has 1 aromatic heterocycles. The first kappa shape index (κ1) is 12.7. The van der Waals surface area contributed by atoms with Crippen molar-refractivity contribution in [1.29, 1.82) is 0 Å². The van der Waals surface area contributed by atoms with Gasteiger partial charge in [-0.2, -0.15) is 0 Å². The molecule has 1 aliphatic carbocycles. The van der Waals surface area contributed by atoms with Crippen molar-refractivity contribution in [1.82, 2.24) is 4.72 Å². The van der Waals surface area contributed by atoms with Crippen LogP contribution in [0.25, 0.3) is 0 Å². The number of fused-ring (bicyclic) bond motifs is 1. The Balaban J connectivity index is 1.77. The number of thiophene rings is 1. The molecule has 3 N–H and O–H groups in total. The summed E-state index contributed by atoms with van der Waals surface area (Å²) >= 11 is 1.15. The zero-order valence-electron chi connectivity index (χ0n) is 10.2. The van der Waals surface area contributed by atoms with Crippen molar-refractivity contribution in [2.24, 2.45) is 0 Å². The summed E-state index contributed by atoms with van der Waals surface area (Å²) in [4.78, 5) is 0. The first-order chi connectivity index (χ1) is 9.04. The second kappa shape index (κ2) is 4.63. The summed E-state index contributed by atoms with van der Waals surface area (Å²) in [6.07, 6.45) is 1.49. The van der Waals surface area contributed by atoms with Crippen LogP contribution >= 0.6 is 11.3 Å². The molecule has 0 bridgehead atoms. The lowest BCUT2D eigenvalue weighted by molar-refractivity contribution is 0.557. The average Bonchev–Trinajstić information content (AvgIpc) is 2.94. The van der Waals surface area contributed by atoms with Crippen molar-refractivity contribution in [2.45, 2.75) is 23.1 Å². The summed E-state index contributed by atoms with van der Waals surface area (Å²) in [5, 5.41) is 1.64. The number of benzene rings is 1. The Bertz CT molecular complexity index is 682. The molecule has 3 rings (SSSR count). The molecule has 1 aliphatic rings. The van der Waals surface area contributed by atoms with Crippen LogP contribution in [0.5, 0.6) is 0 Å². The van der Waals surface area contributed by atoms with E-state index in [1.54, 1.807) is 5.38 Å². The Labute approximate surface area is 116 Å². The molecule has 100 valence electrons. The van der Waals surface area contributed by atoms with Gasteiger partial charge in [-0.05, 0) is 30.0 Å². The van der Waals surface area contributed by atoms with E-state index in [1.165, 1.54) is 17.2 Å². The molecule has 0 atom stereocenters. The smallest absolute Gasteiger partial charge is 0.250 e. The van der Waals surface area contributed by atoms with Crippen molar-refractivity contribution in [3.05, 3.63) is 46.8 Å². The van der Waals surface area contributed by atoms with Gasteiger partial charge in [0.05, 0.1) is 0 Å². The van der Waals surface area contributed by atoms with E-state index >= 15 is 0 Å². The second-order valence-corrected chi connectivity index (χ2v) is 7.55. The molecule has 19 heavy (non-hydrogen) atoms. The zero-order chi connectivity index (χ0) is 13.5. The van der Waals surface area contributed by atoms with Gasteiger partial charge in [-0.15, -0.1) is 11.3 Å². The summed E-state index contributed by atoms with van der Waals surface area (Å²) in [7, 11) is -3.45. The Morgan fingerprint density at radius 3 is 2.37 bits per heavy atom. The van der Waals surface area contributed by atoms with Crippen LogP contribution in [0, 0.1) is 0 Å². The van der Waals surface area contributed by atoms with Crippen molar-refractivity contribution >= 4 is 27.0 Å². The molecule has 2 aromatic rings. The second-order valence-electron chi connectivity index (χ2n) is 4.69. The van der Waals surface area contributed by atoms with Gasteiger partial charge in [0.15, 0.2) is 0 Å². The van der Waals surface area contributed by atoms with E-state index in [0.29, 0.717) is 5.69 Å². The number of rotatable bonds is 3. The van der Waals surface area contributed by atoms with Crippen molar-refractivity contribution < 1.29 is 8.42 Å². The molecule has 1 aromatic carbocycles. The van der Waals surface area contributed by atoms with Gasteiger partial charge in [0.2, 0.25) is 10.0 Å². The van der Waals surface area contributed by atoms with Gasteiger partial charge >= 0.3 is 0 Å². The van der Waals surface area contributed by atoms with Crippen LogP contribution in [0.1, 0.15) is 11.1 Å². The van der Waals surface area contributed by atoms with E-state index in [1.807, 2.05) is 24.3 Å². The van der Waals surface area contributed by atoms with Crippen molar-refractivity contribution in [3.63, 3.8) is 0 Å². The Morgan fingerprint density at radius 2 is 1.84 bits per heavy atom. The molecule has 4 nitrogen and oxygen atoms in total. The molecule has 1 heterocycles. The Kier molecular flexibility index (Phi) is 3.08. The molecule has 0 amide bonds. The molecule has 6 heteroatoms. The topological polar surface area (TPSA) is 72.2 Å². The first-order valence-electron chi connectivity index (χ1n) is 5.98. The lowest BCUT2D eigenvalue weighted by Gasteiger charge is -2.11. The van der Waals surface area contributed by atoms with E-state index in [4.69, 9.17) is 5.73 Å². The highest BCUT2D eigenvalue weighted by atomic mass is 32.2. The fourth-order valence-corrected chi connectivity index (χ4v) is 4.72. The van der Waals surface area contributed by atoms with Crippen LogP contribution in [-0.2, 0) is 22.9 Å². The molecular formula is C13H14N2O2S2. The lowest BCUT2D eigenvalue weighted by atomic mass is 10.1. The first-order valence-corrected chi connectivity index (χ1v) is 8.34. The third-order valence-electron chi connectivity index (χ3n) is 3.23. The summed E-state index contributed by atoms with van der Waals surface area (Å²) in [6, 6.07) is 9.49. The molecule has 0 unspecified atom stereocenters. The lowest BCUT2D eigenvalue weighted by Crippen LogP contribution is -2.34. The van der Waals surface area contributed by atoms with E-state index in [9.17, 15) is 8.42 Å². The number of nitrogens with two attached hydrogens (primary N) is 1. The summed E-state index contributed by atoms with van der Waals surface area (Å²) < 4.78 is 27.4. The third kappa shape index (κ3) is 2.51. The highest BCUT2D eigenvalue weighted by Crippen LogP contribution is 2.25. The Hall–Kier alpha value is -1.37. The third-order valence-corrected chi connectivity index (χ3v) is 6.21.